The molecule has 1 N–H and O–H groups in total. The summed E-state index contributed by atoms with van der Waals surface area (Å²) in [6.45, 7) is 3.69. The van der Waals surface area contributed by atoms with Crippen molar-refractivity contribution in [2.75, 3.05) is 11.7 Å². The summed E-state index contributed by atoms with van der Waals surface area (Å²) in [6, 6.07) is 0. The van der Waals surface area contributed by atoms with Crippen molar-refractivity contribution >= 4 is 36.9 Å². The zero-order valence-corrected chi connectivity index (χ0v) is 12.3. The molecule has 1 rings (SSSR count). The molecule has 1 saturated heterocycles. The van der Waals surface area contributed by atoms with Crippen LogP contribution in [0.4, 0.5) is 0 Å². The number of hydrogen-bond donors (Lipinski definition) is 1. The highest BCUT2D eigenvalue weighted by atomic mass is 32.2. The molecule has 0 aromatic carbocycles. The monoisotopic (exact) mass is 310 g/mol. The van der Waals surface area contributed by atoms with E-state index in [2.05, 4.69) is 4.84 Å². The number of imide groups is 1. The smallest absolute Gasteiger partial charge is 0.342 e. The Hall–Kier alpha value is -0.850. The Morgan fingerprint density at radius 3 is 2.68 bits per heavy atom. The van der Waals surface area contributed by atoms with Crippen LogP contribution in [0.2, 0.25) is 0 Å². The fourth-order valence-corrected chi connectivity index (χ4v) is 4.15. The molecule has 0 aromatic heterocycles. The topological polar surface area (TPSA) is 101 Å². The van der Waals surface area contributed by atoms with E-state index in [9.17, 15) is 23.8 Å². The van der Waals surface area contributed by atoms with E-state index in [4.69, 9.17) is 1.37 Å². The Morgan fingerprint density at radius 2 is 2.21 bits per heavy atom. The van der Waals surface area contributed by atoms with Gasteiger partial charge in [0, 0.05) is 14.2 Å². The van der Waals surface area contributed by atoms with Gasteiger partial charge >= 0.3 is 5.97 Å². The van der Waals surface area contributed by atoms with Crippen LogP contribution in [0.25, 0.3) is 0 Å². The normalized spacial score (nSPS) is 23.5. The van der Waals surface area contributed by atoms with Crippen molar-refractivity contribution in [2.45, 2.75) is 31.9 Å². The minimum atomic E-state index is -3.72. The van der Waals surface area contributed by atoms with Crippen molar-refractivity contribution in [3.05, 3.63) is 0 Å². The molecule has 108 valence electrons. The van der Waals surface area contributed by atoms with E-state index in [0.29, 0.717) is 0 Å². The molecule has 0 aromatic rings. The van der Waals surface area contributed by atoms with Crippen molar-refractivity contribution in [1.29, 1.82) is 0 Å². The van der Waals surface area contributed by atoms with E-state index in [-0.39, 0.29) is 22.2 Å². The van der Waals surface area contributed by atoms with Gasteiger partial charge in [-0.2, -0.15) is 0 Å². The number of hydroxylamine groups is 2. The molecule has 0 spiro atoms. The highest BCUT2D eigenvalue weighted by Crippen LogP contribution is 2.44. The lowest BCUT2D eigenvalue weighted by Gasteiger charge is -2.15. The van der Waals surface area contributed by atoms with E-state index in [1.54, 1.807) is 0 Å². The van der Waals surface area contributed by atoms with E-state index in [0.717, 1.165) is 0 Å². The van der Waals surface area contributed by atoms with Crippen LogP contribution in [0.5, 0.6) is 0 Å². The molecule has 0 aliphatic carbocycles. The molecular formula is C10H16NO6PS. The van der Waals surface area contributed by atoms with Crippen molar-refractivity contribution in [1.82, 2.24) is 5.06 Å². The number of carbonyl (C=O) groups excluding carboxylic acids is 3. The Labute approximate surface area is 116 Å². The fourth-order valence-electron chi connectivity index (χ4n) is 1.20. The number of nitrogens with zero attached hydrogens (tertiary/aromatic N) is 1. The first-order valence-corrected chi connectivity index (χ1v) is 8.62. The highest BCUT2D eigenvalue weighted by molar-refractivity contribution is 8.05. The molecule has 9 heteroatoms. The Bertz CT molecular complexity index is 471. The predicted octanol–water partition coefficient (Wildman–Crippen LogP) is 0.963. The van der Waals surface area contributed by atoms with Gasteiger partial charge in [-0.25, -0.2) is 4.79 Å². The molecule has 2 amide bonds. The number of rotatable bonds is 6. The first kappa shape index (κ1) is 14.6. The van der Waals surface area contributed by atoms with Gasteiger partial charge in [0.05, 0.1) is 5.49 Å². The molecule has 0 saturated carbocycles. The first-order chi connectivity index (χ1) is 9.12. The molecule has 1 heterocycles. The lowest BCUT2D eigenvalue weighted by molar-refractivity contribution is -0.195. The van der Waals surface area contributed by atoms with Gasteiger partial charge in [-0.15, -0.1) is 16.8 Å². The van der Waals surface area contributed by atoms with Crippen molar-refractivity contribution < 1.29 is 30.1 Å². The van der Waals surface area contributed by atoms with E-state index < -0.39 is 37.7 Å². The summed E-state index contributed by atoms with van der Waals surface area (Å²) in [5.74, 6) is -2.86. The maximum Gasteiger partial charge on any atom is 0.342 e. The second kappa shape index (κ2) is 6.54. The standard InChI is InChI=1S/C10H16NO6PS/c1-7(2)19-6-18(15,16)5-10(14)17-11-8(12)3-4-9(11)13/h7H,3-6H2,1-2H3,(H,15,16)/i3D. The second-order valence-corrected chi connectivity index (χ2v) is 8.56. The van der Waals surface area contributed by atoms with Crippen LogP contribution in [0, 0.1) is 0 Å². The first-order valence-electron chi connectivity index (χ1n) is 6.12. The molecule has 1 aliphatic heterocycles. The largest absolute Gasteiger partial charge is 0.343 e. The van der Waals surface area contributed by atoms with Crippen molar-refractivity contribution in [2.24, 2.45) is 0 Å². The van der Waals surface area contributed by atoms with Gasteiger partial charge in [-0.3, -0.25) is 14.2 Å². The van der Waals surface area contributed by atoms with Gasteiger partial charge in [-0.05, 0) is 5.25 Å². The SMILES string of the molecule is [2H]C1CC(=O)N(OC(=O)CP(=O)(O)CSC(C)C)C1=O. The molecule has 19 heavy (non-hydrogen) atoms. The summed E-state index contributed by atoms with van der Waals surface area (Å²) in [6.07, 6.45) is -2.41. The average molecular weight is 310 g/mol. The van der Waals surface area contributed by atoms with Gasteiger partial charge in [0.1, 0.15) is 6.16 Å². The van der Waals surface area contributed by atoms with Gasteiger partial charge in [-0.1, -0.05) is 13.8 Å². The zero-order valence-electron chi connectivity index (χ0n) is 11.6. The van der Waals surface area contributed by atoms with Gasteiger partial charge in [0.15, 0.2) is 0 Å². The van der Waals surface area contributed by atoms with Crippen LogP contribution in [0.15, 0.2) is 0 Å². The molecule has 2 unspecified atom stereocenters. The molecule has 1 aliphatic rings. The maximum atomic E-state index is 11.7. The third-order valence-corrected chi connectivity index (χ3v) is 5.69. The van der Waals surface area contributed by atoms with Crippen LogP contribution in [0.1, 0.15) is 28.0 Å². The quantitative estimate of drug-likeness (QED) is 0.576. The summed E-state index contributed by atoms with van der Waals surface area (Å²) in [4.78, 5) is 48.2. The third-order valence-electron chi connectivity index (χ3n) is 2.06. The molecule has 0 bridgehead atoms. The molecule has 2 atom stereocenters. The van der Waals surface area contributed by atoms with Crippen molar-refractivity contribution in [3.63, 3.8) is 0 Å². The Kier molecular flexibility index (Phi) is 5.01. The summed E-state index contributed by atoms with van der Waals surface area (Å²) in [7, 11) is -3.72. The maximum absolute atomic E-state index is 11.7. The second-order valence-electron chi connectivity index (χ2n) is 4.25. The Morgan fingerprint density at radius 1 is 1.58 bits per heavy atom. The predicted molar refractivity (Wildman–Crippen MR) is 69.5 cm³/mol. The van der Waals surface area contributed by atoms with E-state index >= 15 is 0 Å². The van der Waals surface area contributed by atoms with E-state index in [1.807, 2.05) is 13.8 Å². The summed E-state index contributed by atoms with van der Waals surface area (Å²) < 4.78 is 19.0. The lowest BCUT2D eigenvalue weighted by atomic mass is 10.4. The van der Waals surface area contributed by atoms with Crippen LogP contribution in [-0.4, -0.2) is 44.6 Å². The van der Waals surface area contributed by atoms with Gasteiger partial charge in [0.25, 0.3) is 11.8 Å². The zero-order chi connectivity index (χ0) is 15.5. The molecule has 7 nitrogen and oxygen atoms in total. The molecule has 0 radical (unpaired) electrons. The van der Waals surface area contributed by atoms with E-state index in [1.165, 1.54) is 11.8 Å². The number of carbonyl (C=O) groups is 3. The summed E-state index contributed by atoms with van der Waals surface area (Å²) in [5.41, 5.74) is -0.108. The van der Waals surface area contributed by atoms with Crippen LogP contribution in [0.3, 0.4) is 0 Å². The van der Waals surface area contributed by atoms with Crippen molar-refractivity contribution in [3.8, 4) is 0 Å². The minimum Gasteiger partial charge on any atom is -0.343 e. The van der Waals surface area contributed by atoms with Gasteiger partial charge < -0.3 is 9.73 Å². The Balaban J connectivity index is 2.53. The molecular weight excluding hydrogens is 293 g/mol. The van der Waals surface area contributed by atoms with Gasteiger partial charge in [0.2, 0.25) is 7.37 Å². The minimum absolute atomic E-state index is 0.108. The average Bonchev–Trinajstić information content (AvgIpc) is 2.53. The van der Waals surface area contributed by atoms with Crippen LogP contribution in [-0.2, 0) is 23.8 Å². The third kappa shape index (κ3) is 5.34. The fraction of sp³-hybridized carbons (Fsp3) is 0.700. The molecule has 1 fully saturated rings. The van der Waals surface area contributed by atoms with Crippen LogP contribution < -0.4 is 0 Å². The number of hydrogen-bond acceptors (Lipinski definition) is 6. The summed E-state index contributed by atoms with van der Waals surface area (Å²) in [5, 5.41) is 0.340. The number of thioether (sulfide) groups is 1. The van der Waals surface area contributed by atoms with Crippen LogP contribution >= 0.6 is 19.1 Å². The summed E-state index contributed by atoms with van der Waals surface area (Å²) >= 11 is 1.23. The lowest BCUT2D eigenvalue weighted by Crippen LogP contribution is -2.33. The highest BCUT2D eigenvalue weighted by Gasteiger charge is 2.34. The number of amides is 2.